The fourth-order valence-corrected chi connectivity index (χ4v) is 3.68. The van der Waals surface area contributed by atoms with Crippen molar-refractivity contribution >= 4 is 0 Å². The highest BCUT2D eigenvalue weighted by Gasteiger charge is 2.76. The maximum absolute atomic E-state index is 14.5. The van der Waals surface area contributed by atoms with Gasteiger partial charge in [-0.1, -0.05) is 12.8 Å². The van der Waals surface area contributed by atoms with E-state index >= 15 is 0 Å². The quantitative estimate of drug-likeness (QED) is 0.554. The number of aromatic nitrogens is 3. The van der Waals surface area contributed by atoms with E-state index in [0.29, 0.717) is 25.7 Å². The molecular formula is C18H22F7N3O2. The van der Waals surface area contributed by atoms with Gasteiger partial charge in [0, 0.05) is 0 Å². The molecule has 0 N–H and O–H groups in total. The number of nitrogens with zero attached hydrogens (tertiary/aromatic N) is 3. The summed E-state index contributed by atoms with van der Waals surface area (Å²) in [5.41, 5.74) is -5.78. The largest absolute Gasteiger partial charge is 0.460 e. The van der Waals surface area contributed by atoms with Gasteiger partial charge < -0.3 is 9.47 Å². The molecular weight excluding hydrogens is 423 g/mol. The number of rotatable bonds is 5. The second-order valence-corrected chi connectivity index (χ2v) is 7.63. The molecule has 0 atom stereocenters. The molecule has 30 heavy (non-hydrogen) atoms. The Morgan fingerprint density at radius 2 is 0.933 bits per heavy atom. The highest BCUT2D eigenvalue weighted by Crippen LogP contribution is 2.52. The maximum atomic E-state index is 14.5. The minimum Gasteiger partial charge on any atom is -0.460 e. The Hall–Kier alpha value is -1.88. The molecule has 2 fully saturated rings. The van der Waals surface area contributed by atoms with Crippen molar-refractivity contribution in [2.45, 2.75) is 94.4 Å². The van der Waals surface area contributed by atoms with E-state index in [0.717, 1.165) is 38.5 Å². The molecule has 0 amide bonds. The standard InChI is InChI=1S/C18H22F7N3O2/c19-16(17(20,21)22,18(23,24)25)13-26-14(29-11-7-3-1-4-8-11)28-15(27-13)30-12-9-5-2-6-10-12/h11-12H,1-10H2. The average molecular weight is 445 g/mol. The monoisotopic (exact) mass is 445 g/mol. The van der Waals surface area contributed by atoms with Crippen molar-refractivity contribution < 1.29 is 40.2 Å². The summed E-state index contributed by atoms with van der Waals surface area (Å²) in [5.74, 6) is -2.13. The molecule has 3 rings (SSSR count). The lowest BCUT2D eigenvalue weighted by Gasteiger charge is -2.29. The summed E-state index contributed by atoms with van der Waals surface area (Å²) in [4.78, 5) is 9.90. The minimum atomic E-state index is -6.34. The first-order valence-electron chi connectivity index (χ1n) is 9.93. The lowest BCUT2D eigenvalue weighted by atomic mass is 9.98. The molecule has 1 aromatic heterocycles. The van der Waals surface area contributed by atoms with E-state index in [2.05, 4.69) is 15.0 Å². The molecule has 12 heteroatoms. The van der Waals surface area contributed by atoms with Gasteiger partial charge in [0.15, 0.2) is 5.82 Å². The Morgan fingerprint density at radius 1 is 0.567 bits per heavy atom. The average Bonchev–Trinajstić information content (AvgIpc) is 2.67. The maximum Gasteiger partial charge on any atom is 0.439 e. The molecule has 0 spiro atoms. The molecule has 2 aliphatic rings. The first-order valence-corrected chi connectivity index (χ1v) is 9.93. The lowest BCUT2D eigenvalue weighted by molar-refractivity contribution is -0.351. The zero-order valence-corrected chi connectivity index (χ0v) is 16.0. The Bertz CT molecular complexity index is 662. The Labute approximate surface area is 168 Å². The third-order valence-corrected chi connectivity index (χ3v) is 5.33. The molecule has 0 aliphatic heterocycles. The van der Waals surface area contributed by atoms with Crippen LogP contribution in [0.5, 0.6) is 12.0 Å². The van der Waals surface area contributed by atoms with E-state index in [4.69, 9.17) is 9.47 Å². The van der Waals surface area contributed by atoms with Crippen LogP contribution in [-0.2, 0) is 5.67 Å². The first-order chi connectivity index (χ1) is 14.0. The van der Waals surface area contributed by atoms with E-state index in [1.807, 2.05) is 0 Å². The van der Waals surface area contributed by atoms with Gasteiger partial charge in [-0.2, -0.15) is 36.3 Å². The van der Waals surface area contributed by atoms with Gasteiger partial charge >= 0.3 is 30.0 Å². The van der Waals surface area contributed by atoms with Gasteiger partial charge in [-0.15, -0.1) is 4.98 Å². The molecule has 2 saturated carbocycles. The second kappa shape index (κ2) is 8.70. The molecule has 170 valence electrons. The lowest BCUT2D eigenvalue weighted by Crippen LogP contribution is -2.51. The molecule has 1 heterocycles. The van der Waals surface area contributed by atoms with Crippen LogP contribution in [0, 0.1) is 0 Å². The molecule has 2 aliphatic carbocycles. The zero-order valence-electron chi connectivity index (χ0n) is 16.0. The predicted octanol–water partition coefficient (Wildman–Crippen LogP) is 5.58. The van der Waals surface area contributed by atoms with Crippen LogP contribution in [0.2, 0.25) is 0 Å². The van der Waals surface area contributed by atoms with Crippen LogP contribution in [0.15, 0.2) is 0 Å². The Morgan fingerprint density at radius 3 is 1.27 bits per heavy atom. The van der Waals surface area contributed by atoms with Crippen LogP contribution < -0.4 is 9.47 Å². The van der Waals surface area contributed by atoms with Gasteiger partial charge in [0.25, 0.3) is 0 Å². The van der Waals surface area contributed by atoms with E-state index < -0.39 is 48.1 Å². The number of hydrogen-bond donors (Lipinski definition) is 0. The van der Waals surface area contributed by atoms with Crippen molar-refractivity contribution in [3.63, 3.8) is 0 Å². The molecule has 0 bridgehead atoms. The van der Waals surface area contributed by atoms with Gasteiger partial charge in [0.2, 0.25) is 0 Å². The number of hydrogen-bond acceptors (Lipinski definition) is 5. The van der Waals surface area contributed by atoms with Crippen molar-refractivity contribution in [3.8, 4) is 12.0 Å². The molecule has 0 unspecified atom stereocenters. The molecule has 0 radical (unpaired) electrons. The fraction of sp³-hybridized carbons (Fsp3) is 0.833. The first kappa shape index (κ1) is 22.8. The Kier molecular flexibility index (Phi) is 6.61. The summed E-state index contributed by atoms with van der Waals surface area (Å²) >= 11 is 0. The fourth-order valence-electron chi connectivity index (χ4n) is 3.68. The van der Waals surface area contributed by atoms with Crippen molar-refractivity contribution in [2.24, 2.45) is 0 Å². The van der Waals surface area contributed by atoms with E-state index in [1.54, 1.807) is 0 Å². The zero-order chi connectivity index (χ0) is 22.0. The summed E-state index contributed by atoms with van der Waals surface area (Å²) in [6.45, 7) is 0. The van der Waals surface area contributed by atoms with E-state index in [-0.39, 0.29) is 0 Å². The van der Waals surface area contributed by atoms with Crippen LogP contribution in [-0.4, -0.2) is 39.5 Å². The van der Waals surface area contributed by atoms with Gasteiger partial charge in [-0.05, 0) is 51.4 Å². The van der Waals surface area contributed by atoms with E-state index in [9.17, 15) is 30.7 Å². The summed E-state index contributed by atoms with van der Waals surface area (Å²) in [5, 5.41) is 0. The van der Waals surface area contributed by atoms with Gasteiger partial charge in [0.1, 0.15) is 12.2 Å². The van der Waals surface area contributed by atoms with Gasteiger partial charge in [-0.3, -0.25) is 0 Å². The normalized spacial score (nSPS) is 20.2. The molecule has 5 nitrogen and oxygen atoms in total. The van der Waals surface area contributed by atoms with Crippen LogP contribution >= 0.6 is 0 Å². The summed E-state index contributed by atoms with van der Waals surface area (Å²) in [6.07, 6.45) is -6.46. The SMILES string of the molecule is FC(F)(F)C(F)(c1nc(OC2CCCCC2)nc(OC2CCCCC2)n1)C(F)(F)F. The van der Waals surface area contributed by atoms with Crippen molar-refractivity contribution in [2.75, 3.05) is 0 Å². The second-order valence-electron chi connectivity index (χ2n) is 7.63. The van der Waals surface area contributed by atoms with Crippen LogP contribution in [0.3, 0.4) is 0 Å². The number of alkyl halides is 7. The smallest absolute Gasteiger partial charge is 0.439 e. The van der Waals surface area contributed by atoms with Gasteiger partial charge in [0.05, 0.1) is 0 Å². The summed E-state index contributed by atoms with van der Waals surface area (Å²) in [7, 11) is 0. The number of ether oxygens (including phenoxy) is 2. The van der Waals surface area contributed by atoms with Crippen molar-refractivity contribution in [1.29, 1.82) is 0 Å². The van der Waals surface area contributed by atoms with Gasteiger partial charge in [-0.25, -0.2) is 4.39 Å². The highest BCUT2D eigenvalue weighted by molar-refractivity contribution is 5.17. The summed E-state index contributed by atoms with van der Waals surface area (Å²) < 4.78 is 104. The van der Waals surface area contributed by atoms with Crippen LogP contribution in [0.4, 0.5) is 30.7 Å². The van der Waals surface area contributed by atoms with E-state index in [1.165, 1.54) is 0 Å². The van der Waals surface area contributed by atoms with Crippen molar-refractivity contribution in [3.05, 3.63) is 5.82 Å². The summed E-state index contributed by atoms with van der Waals surface area (Å²) in [6, 6.07) is -1.60. The third-order valence-electron chi connectivity index (χ3n) is 5.33. The molecule has 1 aromatic rings. The van der Waals surface area contributed by atoms with Crippen LogP contribution in [0.25, 0.3) is 0 Å². The van der Waals surface area contributed by atoms with Crippen LogP contribution in [0.1, 0.15) is 70.0 Å². The molecule has 0 aromatic carbocycles. The third kappa shape index (κ3) is 4.88. The predicted molar refractivity (Wildman–Crippen MR) is 89.7 cm³/mol. The Balaban J connectivity index is 1.99. The number of halogens is 7. The van der Waals surface area contributed by atoms with Crippen molar-refractivity contribution in [1.82, 2.24) is 15.0 Å². The molecule has 0 saturated heterocycles. The topological polar surface area (TPSA) is 57.1 Å². The highest BCUT2D eigenvalue weighted by atomic mass is 19.4. The minimum absolute atomic E-state index is 0.484.